The molecule has 2 aromatic heterocycles. The minimum Gasteiger partial charge on any atom is -0.493 e. The van der Waals surface area contributed by atoms with Gasteiger partial charge >= 0.3 is 18.4 Å². The number of rotatable bonds is 20. The highest BCUT2D eigenvalue weighted by Gasteiger charge is 2.47. The van der Waals surface area contributed by atoms with Crippen LogP contribution in [0.5, 0.6) is 11.5 Å². The minimum atomic E-state index is -0.840. The molecule has 7 amide bonds. The molecule has 0 radical (unpaired) electrons. The fourth-order valence-corrected chi connectivity index (χ4v) is 12.2. The van der Waals surface area contributed by atoms with Gasteiger partial charge in [0.15, 0.2) is 12.5 Å². The van der Waals surface area contributed by atoms with Gasteiger partial charge in [0.1, 0.15) is 29.5 Å². The van der Waals surface area contributed by atoms with E-state index in [4.69, 9.17) is 42.9 Å². The summed E-state index contributed by atoms with van der Waals surface area (Å²) < 4.78 is 33.6. The number of amides is 7. The van der Waals surface area contributed by atoms with Crippen molar-refractivity contribution >= 4 is 94.2 Å². The maximum atomic E-state index is 14.1. The molecule has 5 aliphatic heterocycles. The summed E-state index contributed by atoms with van der Waals surface area (Å²) in [6, 6.07) is 25.2. The quantitative estimate of drug-likeness (QED) is 0.0408. The Balaban J connectivity index is 0.000000298. The second-order valence-corrected chi connectivity index (χ2v) is 24.5. The van der Waals surface area contributed by atoms with E-state index in [-0.39, 0.29) is 94.7 Å². The van der Waals surface area contributed by atoms with Gasteiger partial charge in [-0.05, 0) is 158 Å². The van der Waals surface area contributed by atoms with Crippen molar-refractivity contribution in [1.82, 2.24) is 18.9 Å². The maximum absolute atomic E-state index is 14.1. The molecule has 3 saturated heterocycles. The first kappa shape index (κ1) is 79.2. The van der Waals surface area contributed by atoms with Crippen LogP contribution >= 0.6 is 0 Å². The molecule has 0 spiro atoms. The third-order valence-corrected chi connectivity index (χ3v) is 17.1. The van der Waals surface area contributed by atoms with E-state index in [1.807, 2.05) is 104 Å². The molecule has 11 rings (SSSR count). The second-order valence-electron chi connectivity index (χ2n) is 24.5. The number of benzene rings is 4. The largest absolute Gasteiger partial charge is 0.493 e. The van der Waals surface area contributed by atoms with Crippen molar-refractivity contribution < 1.29 is 76.4 Å². The van der Waals surface area contributed by atoms with E-state index < -0.39 is 24.7 Å². The summed E-state index contributed by atoms with van der Waals surface area (Å²) in [5.41, 5.74) is 9.02. The first-order valence-corrected chi connectivity index (χ1v) is 33.0. The number of fused-ring (bicyclic) bond motifs is 4. The van der Waals surface area contributed by atoms with Gasteiger partial charge in [-0.25, -0.2) is 9.69 Å². The van der Waals surface area contributed by atoms with Gasteiger partial charge in [0.25, 0.3) is 23.6 Å². The number of carbonyl (C=O) groups excluding carboxylic acids is 11. The highest BCUT2D eigenvalue weighted by atomic mass is 16.7. The monoisotopic (exact) mass is 1390 g/mol. The Morgan fingerprint density at radius 1 is 0.614 bits per heavy atom. The van der Waals surface area contributed by atoms with Crippen molar-refractivity contribution in [2.24, 2.45) is 19.1 Å². The van der Waals surface area contributed by atoms with Crippen molar-refractivity contribution in [1.29, 1.82) is 0 Å². The highest BCUT2D eigenvalue weighted by molar-refractivity contribution is 6.07. The van der Waals surface area contributed by atoms with E-state index in [9.17, 15) is 33.6 Å². The van der Waals surface area contributed by atoms with Crippen molar-refractivity contribution in [2.45, 2.75) is 151 Å². The molecule has 2 unspecified atom stereocenters. The van der Waals surface area contributed by atoms with Crippen molar-refractivity contribution in [3.63, 3.8) is 0 Å². The fourth-order valence-electron chi connectivity index (χ4n) is 12.2. The molecule has 0 aliphatic carbocycles. The summed E-state index contributed by atoms with van der Waals surface area (Å²) in [6.45, 7) is 13.8. The number of anilines is 5. The van der Waals surface area contributed by atoms with Gasteiger partial charge in [0.05, 0.1) is 59.2 Å². The first-order valence-electron chi connectivity index (χ1n) is 33.0. The van der Waals surface area contributed by atoms with Crippen LogP contribution in [-0.4, -0.2) is 143 Å². The van der Waals surface area contributed by atoms with Crippen LogP contribution in [0, 0.1) is 27.7 Å². The normalized spacial score (nSPS) is 16.9. The second kappa shape index (κ2) is 38.5. The van der Waals surface area contributed by atoms with Gasteiger partial charge in [-0.3, -0.25) is 33.8 Å². The predicted molar refractivity (Wildman–Crippen MR) is 380 cm³/mol. The Hall–Kier alpha value is -10.8. The van der Waals surface area contributed by atoms with Gasteiger partial charge in [0, 0.05) is 88.7 Å². The van der Waals surface area contributed by atoms with E-state index in [0.29, 0.717) is 119 Å². The topological polar surface area (TPSA) is 314 Å². The van der Waals surface area contributed by atoms with Crippen LogP contribution in [0.4, 0.5) is 38.9 Å². The van der Waals surface area contributed by atoms with Crippen molar-refractivity contribution in [3.8, 4) is 11.5 Å². The number of piperidine rings is 2. The van der Waals surface area contributed by atoms with E-state index in [0.717, 1.165) is 68.2 Å². The van der Waals surface area contributed by atoms with Crippen molar-refractivity contribution in [2.75, 3.05) is 65.7 Å². The van der Waals surface area contributed by atoms with E-state index in [1.165, 1.54) is 11.0 Å². The molecule has 3 fully saturated rings. The average molecular weight is 1390 g/mol. The zero-order valence-electron chi connectivity index (χ0n) is 56.6. The summed E-state index contributed by atoms with van der Waals surface area (Å²) in [5.74, 6) is 0.0571. The third-order valence-electron chi connectivity index (χ3n) is 17.1. The number of hydrogen-bond acceptors (Lipinski definition) is 17. The van der Waals surface area contributed by atoms with E-state index in [1.54, 1.807) is 59.9 Å². The smallest absolute Gasteiger partial charge is 0.416 e. The van der Waals surface area contributed by atoms with E-state index >= 15 is 0 Å². The number of nitrogens with one attached hydrogen (secondary N) is 4. The lowest BCUT2D eigenvalue weighted by molar-refractivity contribution is -0.198. The van der Waals surface area contributed by atoms with Crippen LogP contribution in [-0.2, 0) is 57.1 Å². The Bertz CT molecular complexity index is 3960. The number of aromatic nitrogens is 2. The summed E-state index contributed by atoms with van der Waals surface area (Å²) in [5, 5.41) is 11.5. The van der Waals surface area contributed by atoms with Crippen molar-refractivity contribution in [3.05, 3.63) is 155 Å². The average Bonchev–Trinajstić information content (AvgIpc) is 1.63. The molecule has 26 nitrogen and oxygen atoms in total. The Kier molecular flexibility index (Phi) is 30.2. The van der Waals surface area contributed by atoms with Crippen LogP contribution in [0.25, 0.3) is 0 Å². The highest BCUT2D eigenvalue weighted by Crippen LogP contribution is 2.41. The van der Waals surface area contributed by atoms with Crippen LogP contribution in [0.2, 0.25) is 0 Å². The Morgan fingerprint density at radius 3 is 1.63 bits per heavy atom. The summed E-state index contributed by atoms with van der Waals surface area (Å²) in [6.07, 6.45) is 14.6. The molecule has 6 aromatic rings. The lowest BCUT2D eigenvalue weighted by Gasteiger charge is -2.42. The number of aliphatic imine (C=N–C) groups is 1. The molecule has 5 aliphatic rings. The minimum absolute atomic E-state index is 0. The number of carbonyl (C=O) groups is 7. The molecule has 4 atom stereocenters. The number of aryl methyl sites for hydroxylation is 6. The van der Waals surface area contributed by atoms with Crippen LogP contribution in [0.3, 0.4) is 0 Å². The molecule has 101 heavy (non-hydrogen) atoms. The molecule has 4 N–H and O–H groups in total. The number of nitrogens with zero attached hydrogens (tertiary/aromatic N) is 6. The first-order chi connectivity index (χ1) is 47.7. The standard InChI is InChI=1S/C40H49N5O8.C31H35N5O4.2CO2.2CH4/c1-5-19-52-40(49)45-32-24-34(27(3)22-30(32)38(48)44-18-8-6-11-31(44)39(45)53-36-13-7-9-20-51-36)50-21-10-12-35(46)41-29-23-33(43(4)25-29)37(47)42-28-16-14-26(2)15-17-28;1-20-9-11-22(12-10-20)34-30(38)27-16-23(19-35(27)3)33-29(37)8-6-14-40-28-17-26-25(15-21(28)2)31(39)36-13-5-4-7-24(36)18-32-26;2*2-1-3;;/h5,14-17,22-25,31,36,39H,1,6-13,18-21H2,2-4H3,(H,41,46)(H,42,47);9-12,15-19,24H,4-8,13-14H2,1-3H3,(H,33,37)(H,34,38);;;2*1H4/t31-,36?,39?;24-;;;;/m00..../s1. The van der Waals surface area contributed by atoms with Crippen LogP contribution < -0.4 is 35.6 Å². The maximum Gasteiger partial charge on any atom is 0.416 e. The molecule has 0 saturated carbocycles. The third kappa shape index (κ3) is 21.4. The molecular weight excluding hydrogens is 1300 g/mol. The van der Waals surface area contributed by atoms with Gasteiger partial charge in [-0.1, -0.05) is 62.9 Å². The van der Waals surface area contributed by atoms with Gasteiger partial charge in [0.2, 0.25) is 11.8 Å². The molecule has 7 heterocycles. The molecule has 0 bridgehead atoms. The van der Waals surface area contributed by atoms with E-state index in [2.05, 4.69) is 32.8 Å². The molecular formula is C75H92N10O16. The Morgan fingerprint density at radius 2 is 1.11 bits per heavy atom. The van der Waals surface area contributed by atoms with Gasteiger partial charge < -0.3 is 63.9 Å². The summed E-state index contributed by atoms with van der Waals surface area (Å²) in [4.78, 5) is 134. The number of hydrogen-bond donors (Lipinski definition) is 4. The molecule has 4 aromatic carbocycles. The van der Waals surface area contributed by atoms with Crippen LogP contribution in [0.15, 0.2) is 115 Å². The fraction of sp³-hybridized carbons (Fsp3) is 0.413. The Labute approximate surface area is 588 Å². The molecule has 26 heteroatoms. The summed E-state index contributed by atoms with van der Waals surface area (Å²) in [7, 11) is 3.51. The molecule has 538 valence electrons. The zero-order chi connectivity index (χ0) is 71.1. The van der Waals surface area contributed by atoms with Gasteiger partial charge in [-0.2, -0.15) is 19.2 Å². The SMILES string of the molecule is C.C.C=CCOC(=O)N1c2cc(OCCCC(=O)Nc3cc(C(=O)Nc4ccc(C)cc4)n(C)c3)c(C)cc2C(=O)N2CCCC[C@H]2C1OC1CCCCO1.Cc1ccc(NC(=O)c2cc(NC(=O)CCCOc3cc4c(cc3C)C(=O)N3CCCC[C@H]3C=N4)cn2C)cc1.O=C=O.O=C=O. The zero-order valence-corrected chi connectivity index (χ0v) is 56.6. The lowest BCUT2D eigenvalue weighted by Crippen LogP contribution is -2.57. The van der Waals surface area contributed by atoms with Gasteiger partial charge in [-0.15, -0.1) is 0 Å². The summed E-state index contributed by atoms with van der Waals surface area (Å²) >= 11 is 0. The number of ether oxygens (including phenoxy) is 5. The van der Waals surface area contributed by atoms with Crippen LogP contribution in [0.1, 0.15) is 162 Å². The lowest BCUT2D eigenvalue weighted by atomic mass is 10.00. The predicted octanol–water partition coefficient (Wildman–Crippen LogP) is 12.2.